The zero-order chi connectivity index (χ0) is 13.2. The Morgan fingerprint density at radius 3 is 2.53 bits per heavy atom. The highest BCUT2D eigenvalue weighted by Crippen LogP contribution is 2.18. The molecule has 17 heavy (non-hydrogen) atoms. The van der Waals surface area contributed by atoms with Gasteiger partial charge in [0.25, 0.3) is 5.91 Å². The molecule has 0 bridgehead atoms. The van der Waals surface area contributed by atoms with E-state index in [-0.39, 0.29) is 5.91 Å². The maximum absolute atomic E-state index is 12.1. The Kier molecular flexibility index (Phi) is 4.28. The molecule has 5 heteroatoms. The predicted octanol–water partition coefficient (Wildman–Crippen LogP) is 2.30. The molecular formula is C12H14BrNO3. The summed E-state index contributed by atoms with van der Waals surface area (Å²) in [4.78, 5) is 24.1. The van der Waals surface area contributed by atoms with Gasteiger partial charge in [0, 0.05) is 17.1 Å². The fraction of sp³-hybridized carbons (Fsp3) is 0.333. The highest BCUT2D eigenvalue weighted by Gasteiger charge is 2.23. The van der Waals surface area contributed by atoms with E-state index in [1.807, 2.05) is 19.1 Å². The van der Waals surface area contributed by atoms with Gasteiger partial charge in [0.2, 0.25) is 0 Å². The van der Waals surface area contributed by atoms with E-state index < -0.39 is 12.0 Å². The summed E-state index contributed by atoms with van der Waals surface area (Å²) in [7, 11) is 1.49. The van der Waals surface area contributed by atoms with Crippen LogP contribution in [0.3, 0.4) is 0 Å². The lowest BCUT2D eigenvalue weighted by Crippen LogP contribution is -2.40. The van der Waals surface area contributed by atoms with E-state index in [9.17, 15) is 9.59 Å². The van der Waals surface area contributed by atoms with Gasteiger partial charge >= 0.3 is 5.97 Å². The molecule has 0 spiro atoms. The first-order valence-corrected chi connectivity index (χ1v) is 5.90. The number of carboxylic acid groups (broad SMARTS) is 1. The molecule has 92 valence electrons. The van der Waals surface area contributed by atoms with Crippen LogP contribution in [-0.2, 0) is 4.79 Å². The fourth-order valence-corrected chi connectivity index (χ4v) is 1.72. The molecule has 0 heterocycles. The topological polar surface area (TPSA) is 57.6 Å². The van der Waals surface area contributed by atoms with Gasteiger partial charge in [0.05, 0.1) is 0 Å². The largest absolute Gasteiger partial charge is 0.480 e. The van der Waals surface area contributed by atoms with E-state index in [1.54, 1.807) is 6.07 Å². The van der Waals surface area contributed by atoms with E-state index >= 15 is 0 Å². The van der Waals surface area contributed by atoms with Gasteiger partial charge in [0.1, 0.15) is 6.04 Å². The zero-order valence-corrected chi connectivity index (χ0v) is 11.5. The van der Waals surface area contributed by atoms with Crippen LogP contribution in [0.25, 0.3) is 0 Å². The Hall–Kier alpha value is -1.36. The molecule has 1 unspecified atom stereocenters. The molecule has 1 amide bonds. The van der Waals surface area contributed by atoms with Crippen molar-refractivity contribution in [2.24, 2.45) is 0 Å². The SMILES string of the molecule is Cc1ccc(Br)cc1C(=O)N(C)C(C)C(=O)O. The van der Waals surface area contributed by atoms with E-state index in [0.717, 1.165) is 10.0 Å². The summed E-state index contributed by atoms with van der Waals surface area (Å²) in [5.74, 6) is -1.31. The smallest absolute Gasteiger partial charge is 0.326 e. The van der Waals surface area contributed by atoms with Gasteiger partial charge in [-0.05, 0) is 31.5 Å². The van der Waals surface area contributed by atoms with Gasteiger partial charge in [-0.15, -0.1) is 0 Å². The summed E-state index contributed by atoms with van der Waals surface area (Å²) >= 11 is 3.29. The van der Waals surface area contributed by atoms with Crippen LogP contribution in [0.15, 0.2) is 22.7 Å². The second kappa shape index (κ2) is 5.31. The van der Waals surface area contributed by atoms with E-state index in [0.29, 0.717) is 5.56 Å². The summed E-state index contributed by atoms with van der Waals surface area (Å²) in [6.07, 6.45) is 0. The third-order valence-corrected chi connectivity index (χ3v) is 3.18. The summed E-state index contributed by atoms with van der Waals surface area (Å²) in [5.41, 5.74) is 1.33. The Morgan fingerprint density at radius 2 is 2.00 bits per heavy atom. The molecule has 1 aromatic rings. The molecule has 4 nitrogen and oxygen atoms in total. The van der Waals surface area contributed by atoms with Crippen molar-refractivity contribution in [3.05, 3.63) is 33.8 Å². The number of halogens is 1. The minimum absolute atomic E-state index is 0.293. The monoisotopic (exact) mass is 299 g/mol. The van der Waals surface area contributed by atoms with Crippen molar-refractivity contribution >= 4 is 27.8 Å². The van der Waals surface area contributed by atoms with Gasteiger partial charge in [-0.1, -0.05) is 22.0 Å². The number of aliphatic carboxylic acids is 1. The number of hydrogen-bond donors (Lipinski definition) is 1. The predicted molar refractivity (Wildman–Crippen MR) is 68.1 cm³/mol. The molecule has 1 atom stereocenters. The van der Waals surface area contributed by atoms with E-state index in [2.05, 4.69) is 15.9 Å². The van der Waals surface area contributed by atoms with Crippen LogP contribution in [0.5, 0.6) is 0 Å². The van der Waals surface area contributed by atoms with Crippen LogP contribution in [0, 0.1) is 6.92 Å². The number of rotatable bonds is 3. The lowest BCUT2D eigenvalue weighted by molar-refractivity contribution is -0.141. The van der Waals surface area contributed by atoms with Crippen molar-refractivity contribution in [3.63, 3.8) is 0 Å². The highest BCUT2D eigenvalue weighted by molar-refractivity contribution is 9.10. The Morgan fingerprint density at radius 1 is 1.41 bits per heavy atom. The first kappa shape index (κ1) is 13.7. The molecule has 0 aromatic heterocycles. The van der Waals surface area contributed by atoms with Crippen LogP contribution in [0.4, 0.5) is 0 Å². The molecule has 1 rings (SSSR count). The number of carbonyl (C=O) groups is 2. The molecule has 0 saturated heterocycles. The Bertz CT molecular complexity index is 459. The zero-order valence-electron chi connectivity index (χ0n) is 9.90. The lowest BCUT2D eigenvalue weighted by Gasteiger charge is -2.22. The number of amides is 1. The average molecular weight is 300 g/mol. The molecule has 1 aromatic carbocycles. The van der Waals surface area contributed by atoms with Gasteiger partial charge in [-0.3, -0.25) is 4.79 Å². The van der Waals surface area contributed by atoms with Crippen LogP contribution in [0.2, 0.25) is 0 Å². The summed E-state index contributed by atoms with van der Waals surface area (Å²) < 4.78 is 0.794. The van der Waals surface area contributed by atoms with Crippen molar-refractivity contribution < 1.29 is 14.7 Å². The van der Waals surface area contributed by atoms with Gasteiger partial charge < -0.3 is 10.0 Å². The van der Waals surface area contributed by atoms with Crippen molar-refractivity contribution in [2.45, 2.75) is 19.9 Å². The third-order valence-electron chi connectivity index (χ3n) is 2.69. The second-order valence-corrected chi connectivity index (χ2v) is 4.81. The van der Waals surface area contributed by atoms with Crippen molar-refractivity contribution in [3.8, 4) is 0 Å². The number of aryl methyl sites for hydroxylation is 1. The number of benzene rings is 1. The van der Waals surface area contributed by atoms with Crippen molar-refractivity contribution in [2.75, 3.05) is 7.05 Å². The highest BCUT2D eigenvalue weighted by atomic mass is 79.9. The van der Waals surface area contributed by atoms with Gasteiger partial charge in [-0.2, -0.15) is 0 Å². The lowest BCUT2D eigenvalue weighted by atomic mass is 10.1. The minimum atomic E-state index is -1.02. The van der Waals surface area contributed by atoms with E-state index in [4.69, 9.17) is 5.11 Å². The first-order valence-electron chi connectivity index (χ1n) is 5.10. The van der Waals surface area contributed by atoms with Gasteiger partial charge in [-0.25, -0.2) is 4.79 Å². The van der Waals surface area contributed by atoms with Crippen LogP contribution in [-0.4, -0.2) is 35.0 Å². The van der Waals surface area contributed by atoms with Crippen LogP contribution >= 0.6 is 15.9 Å². The minimum Gasteiger partial charge on any atom is -0.480 e. The molecule has 0 saturated carbocycles. The molecule has 0 aliphatic heterocycles. The number of carboxylic acids is 1. The molecule has 0 aliphatic rings. The average Bonchev–Trinajstić information content (AvgIpc) is 2.29. The maximum Gasteiger partial charge on any atom is 0.326 e. The molecule has 0 aliphatic carbocycles. The molecular weight excluding hydrogens is 286 g/mol. The van der Waals surface area contributed by atoms with Crippen LogP contribution in [0.1, 0.15) is 22.8 Å². The Labute approximate surface area is 108 Å². The van der Waals surface area contributed by atoms with Gasteiger partial charge in [0.15, 0.2) is 0 Å². The molecule has 0 radical (unpaired) electrons. The number of nitrogens with zero attached hydrogens (tertiary/aromatic N) is 1. The molecule has 1 N–H and O–H groups in total. The third kappa shape index (κ3) is 3.06. The summed E-state index contributed by atoms with van der Waals surface area (Å²) in [5, 5.41) is 8.87. The van der Waals surface area contributed by atoms with Crippen molar-refractivity contribution in [1.29, 1.82) is 0 Å². The quantitative estimate of drug-likeness (QED) is 0.932. The summed E-state index contributed by atoms with van der Waals surface area (Å²) in [6, 6.07) is 4.51. The fourth-order valence-electron chi connectivity index (χ4n) is 1.36. The standard InChI is InChI=1S/C12H14BrNO3/c1-7-4-5-9(13)6-10(7)11(15)14(3)8(2)12(16)17/h4-6,8H,1-3H3,(H,16,17). The summed E-state index contributed by atoms with van der Waals surface area (Å²) in [6.45, 7) is 3.30. The van der Waals surface area contributed by atoms with E-state index in [1.165, 1.54) is 18.9 Å². The number of likely N-dealkylation sites (N-methyl/N-ethyl adjacent to an activating group) is 1. The normalized spacial score (nSPS) is 12.0. The number of hydrogen-bond acceptors (Lipinski definition) is 2. The molecule has 0 fully saturated rings. The van der Waals surface area contributed by atoms with Crippen LogP contribution < -0.4 is 0 Å². The maximum atomic E-state index is 12.1. The first-order chi connectivity index (χ1) is 7.84. The van der Waals surface area contributed by atoms with Crippen molar-refractivity contribution in [1.82, 2.24) is 4.90 Å². The Balaban J connectivity index is 3.04. The second-order valence-electron chi connectivity index (χ2n) is 3.89. The number of carbonyl (C=O) groups excluding carboxylic acids is 1.